The minimum absolute atomic E-state index is 0.135. The van der Waals surface area contributed by atoms with Crippen LogP contribution in [0.15, 0.2) is 15.3 Å². The summed E-state index contributed by atoms with van der Waals surface area (Å²) in [7, 11) is 0. The summed E-state index contributed by atoms with van der Waals surface area (Å²) < 4.78 is 1.79. The molecule has 0 aliphatic carbocycles. The van der Waals surface area contributed by atoms with Crippen LogP contribution in [0.3, 0.4) is 0 Å². The molecule has 0 amide bonds. The van der Waals surface area contributed by atoms with E-state index in [-0.39, 0.29) is 5.56 Å². The number of hydrogen-bond acceptors (Lipinski definition) is 4. The molecule has 3 rings (SSSR count). The molecule has 78 valence electrons. The highest BCUT2D eigenvalue weighted by molar-refractivity contribution is 7.99. The molecule has 0 spiro atoms. The zero-order valence-electron chi connectivity index (χ0n) is 8.32. The molecule has 0 saturated heterocycles. The van der Waals surface area contributed by atoms with Crippen molar-refractivity contribution >= 4 is 34.0 Å². The van der Waals surface area contributed by atoms with E-state index < -0.39 is 0 Å². The summed E-state index contributed by atoms with van der Waals surface area (Å²) in [6.45, 7) is 2.91. The van der Waals surface area contributed by atoms with Gasteiger partial charge in [-0.3, -0.25) is 9.36 Å². The first kappa shape index (κ1) is 9.42. The van der Waals surface area contributed by atoms with Crippen LogP contribution >= 0.6 is 23.1 Å². The summed E-state index contributed by atoms with van der Waals surface area (Å²) in [6, 6.07) is 0. The lowest BCUT2D eigenvalue weighted by Gasteiger charge is -2.01. The van der Waals surface area contributed by atoms with Crippen LogP contribution in [0.4, 0.5) is 0 Å². The highest BCUT2D eigenvalue weighted by atomic mass is 32.2. The summed E-state index contributed by atoms with van der Waals surface area (Å²) in [5.74, 6) is 0.972. The van der Waals surface area contributed by atoms with Crippen molar-refractivity contribution in [2.75, 3.05) is 5.75 Å². The molecule has 3 nitrogen and oxygen atoms in total. The lowest BCUT2D eigenvalue weighted by Crippen LogP contribution is -2.19. The van der Waals surface area contributed by atoms with Crippen LogP contribution in [-0.2, 0) is 13.0 Å². The van der Waals surface area contributed by atoms with E-state index >= 15 is 0 Å². The number of fused-ring (bicyclic) bond motifs is 2. The summed E-state index contributed by atoms with van der Waals surface area (Å²) in [5, 5.41) is 3.63. The quantitative estimate of drug-likeness (QED) is 0.714. The van der Waals surface area contributed by atoms with E-state index in [1.807, 2.05) is 5.38 Å². The average Bonchev–Trinajstić information content (AvgIpc) is 2.83. The van der Waals surface area contributed by atoms with Crippen molar-refractivity contribution < 1.29 is 0 Å². The molecule has 0 atom stereocenters. The number of nitrogens with zero attached hydrogens (tertiary/aromatic N) is 2. The van der Waals surface area contributed by atoms with Crippen molar-refractivity contribution in [3.05, 3.63) is 20.6 Å². The zero-order chi connectivity index (χ0) is 10.4. The van der Waals surface area contributed by atoms with Crippen LogP contribution in [0, 0.1) is 0 Å². The normalized spacial score (nSPS) is 14.7. The number of thioether (sulfide) groups is 1. The van der Waals surface area contributed by atoms with Crippen molar-refractivity contribution in [3.63, 3.8) is 0 Å². The van der Waals surface area contributed by atoms with Gasteiger partial charge >= 0.3 is 0 Å². The molecule has 3 heterocycles. The van der Waals surface area contributed by atoms with Gasteiger partial charge in [0.2, 0.25) is 0 Å². The first-order chi connectivity index (χ1) is 7.31. The third-order valence-electron chi connectivity index (χ3n) is 2.62. The molecule has 1 aliphatic heterocycles. The van der Waals surface area contributed by atoms with Crippen LogP contribution in [-0.4, -0.2) is 15.3 Å². The Labute approximate surface area is 95.1 Å². The molecule has 0 unspecified atom stereocenters. The average molecular weight is 238 g/mol. The van der Waals surface area contributed by atoms with Gasteiger partial charge in [0.25, 0.3) is 5.56 Å². The topological polar surface area (TPSA) is 34.9 Å². The standard InChI is InChI=1S/C10H10N2OS2/c1-2-7-8-6(5-15-7)9(13)12-3-4-14-10(12)11-8/h5H,2-4H2,1H3. The fraction of sp³-hybridized carbons (Fsp3) is 0.400. The lowest BCUT2D eigenvalue weighted by atomic mass is 10.3. The van der Waals surface area contributed by atoms with E-state index in [1.54, 1.807) is 27.7 Å². The Balaban J connectivity index is 2.43. The van der Waals surface area contributed by atoms with Crippen molar-refractivity contribution in [1.29, 1.82) is 0 Å². The first-order valence-corrected chi connectivity index (χ1v) is 6.81. The molecule has 2 aromatic heterocycles. The van der Waals surface area contributed by atoms with E-state index in [9.17, 15) is 4.79 Å². The molecule has 0 bridgehead atoms. The lowest BCUT2D eigenvalue weighted by molar-refractivity contribution is 0.669. The van der Waals surface area contributed by atoms with Crippen molar-refractivity contribution in [2.24, 2.45) is 0 Å². The monoisotopic (exact) mass is 238 g/mol. The highest BCUT2D eigenvalue weighted by Gasteiger charge is 2.18. The Morgan fingerprint density at radius 1 is 1.60 bits per heavy atom. The Morgan fingerprint density at radius 2 is 2.47 bits per heavy atom. The third-order valence-corrected chi connectivity index (χ3v) is 4.70. The van der Waals surface area contributed by atoms with Crippen molar-refractivity contribution in [1.82, 2.24) is 9.55 Å². The maximum absolute atomic E-state index is 12.1. The zero-order valence-corrected chi connectivity index (χ0v) is 9.95. The fourth-order valence-electron chi connectivity index (χ4n) is 1.84. The van der Waals surface area contributed by atoms with E-state index in [1.165, 1.54) is 4.88 Å². The number of aromatic nitrogens is 2. The molecule has 2 aromatic rings. The number of thiophene rings is 1. The van der Waals surface area contributed by atoms with Gasteiger partial charge in [0.15, 0.2) is 5.16 Å². The summed E-state index contributed by atoms with van der Waals surface area (Å²) >= 11 is 3.32. The van der Waals surface area contributed by atoms with Gasteiger partial charge < -0.3 is 0 Å². The Hall–Kier alpha value is -0.810. The fourth-order valence-corrected chi connectivity index (χ4v) is 3.69. The van der Waals surface area contributed by atoms with Crippen LogP contribution in [0.2, 0.25) is 0 Å². The van der Waals surface area contributed by atoms with E-state index in [2.05, 4.69) is 11.9 Å². The van der Waals surface area contributed by atoms with Gasteiger partial charge in [-0.15, -0.1) is 11.3 Å². The second-order valence-electron chi connectivity index (χ2n) is 3.47. The van der Waals surface area contributed by atoms with Crippen LogP contribution < -0.4 is 5.56 Å². The largest absolute Gasteiger partial charge is 0.286 e. The second-order valence-corrected chi connectivity index (χ2v) is 5.50. The number of hydrogen-bond donors (Lipinski definition) is 0. The molecule has 0 N–H and O–H groups in total. The van der Waals surface area contributed by atoms with Gasteiger partial charge in [-0.05, 0) is 6.42 Å². The summed E-state index contributed by atoms with van der Waals surface area (Å²) in [5.41, 5.74) is 1.06. The molecular weight excluding hydrogens is 228 g/mol. The van der Waals surface area contributed by atoms with Crippen LogP contribution in [0.5, 0.6) is 0 Å². The minimum atomic E-state index is 0.135. The predicted molar refractivity (Wildman–Crippen MR) is 64.0 cm³/mol. The highest BCUT2D eigenvalue weighted by Crippen LogP contribution is 2.27. The molecule has 0 saturated carbocycles. The summed E-state index contributed by atoms with van der Waals surface area (Å²) in [4.78, 5) is 17.9. The SMILES string of the molecule is CCc1scc2c(=O)n3c(nc12)SCC3. The van der Waals surface area contributed by atoms with Gasteiger partial charge in [-0.25, -0.2) is 4.98 Å². The molecule has 5 heteroatoms. The number of aryl methyl sites for hydroxylation is 1. The van der Waals surface area contributed by atoms with Crippen molar-refractivity contribution in [3.8, 4) is 0 Å². The molecular formula is C10H10N2OS2. The molecule has 0 fully saturated rings. The van der Waals surface area contributed by atoms with E-state index in [0.717, 1.165) is 34.8 Å². The maximum Gasteiger partial charge on any atom is 0.262 e. The minimum Gasteiger partial charge on any atom is -0.286 e. The Bertz CT molecular complexity index is 585. The van der Waals surface area contributed by atoms with Gasteiger partial charge in [0.1, 0.15) is 0 Å². The van der Waals surface area contributed by atoms with Gasteiger partial charge in [-0.1, -0.05) is 18.7 Å². The Kier molecular flexibility index (Phi) is 2.10. The smallest absolute Gasteiger partial charge is 0.262 e. The van der Waals surface area contributed by atoms with Gasteiger partial charge in [0.05, 0.1) is 10.9 Å². The maximum atomic E-state index is 12.1. The van der Waals surface area contributed by atoms with E-state index in [0.29, 0.717) is 0 Å². The molecule has 1 aliphatic rings. The first-order valence-electron chi connectivity index (χ1n) is 4.95. The molecule has 0 radical (unpaired) electrons. The predicted octanol–water partition coefficient (Wildman–Crippen LogP) is 2.13. The second kappa shape index (κ2) is 3.35. The van der Waals surface area contributed by atoms with E-state index in [4.69, 9.17) is 0 Å². The van der Waals surface area contributed by atoms with Crippen LogP contribution in [0.1, 0.15) is 11.8 Å². The van der Waals surface area contributed by atoms with Crippen molar-refractivity contribution in [2.45, 2.75) is 25.0 Å². The molecule has 0 aromatic carbocycles. The third kappa shape index (κ3) is 1.26. The van der Waals surface area contributed by atoms with Crippen LogP contribution in [0.25, 0.3) is 10.9 Å². The Morgan fingerprint density at radius 3 is 3.27 bits per heavy atom. The van der Waals surface area contributed by atoms with Gasteiger partial charge in [-0.2, -0.15) is 0 Å². The summed E-state index contributed by atoms with van der Waals surface area (Å²) in [6.07, 6.45) is 0.953. The molecule has 15 heavy (non-hydrogen) atoms. The van der Waals surface area contributed by atoms with Gasteiger partial charge in [0, 0.05) is 22.6 Å². The number of rotatable bonds is 1.